The summed E-state index contributed by atoms with van der Waals surface area (Å²) in [6, 6.07) is 11.1. The maximum atomic E-state index is 12.5. The Morgan fingerprint density at radius 3 is 2.83 bits per heavy atom. The summed E-state index contributed by atoms with van der Waals surface area (Å²) < 4.78 is 6.75. The lowest BCUT2D eigenvalue weighted by molar-refractivity contribution is 0.0524. The molecule has 0 aliphatic rings. The quantitative estimate of drug-likeness (QED) is 0.698. The standard InChI is InChI=1S/C18H16N2O3/c1-3-23-18(22)15-11-20(13-7-4-6-12(2)10-13)17-14(16(15)21)8-5-9-19-17/h4-11H,3H2,1-2H3. The van der Waals surface area contributed by atoms with E-state index in [9.17, 15) is 9.59 Å². The Balaban J connectivity index is 2.34. The first-order valence-electron chi connectivity index (χ1n) is 7.36. The summed E-state index contributed by atoms with van der Waals surface area (Å²) in [6.07, 6.45) is 3.13. The smallest absolute Gasteiger partial charge is 0.343 e. The number of rotatable bonds is 3. The molecule has 2 heterocycles. The summed E-state index contributed by atoms with van der Waals surface area (Å²) in [5.41, 5.74) is 2.06. The molecule has 5 heteroatoms. The van der Waals surface area contributed by atoms with Crippen LogP contribution in [-0.2, 0) is 4.74 Å². The highest BCUT2D eigenvalue weighted by Gasteiger charge is 2.17. The molecule has 23 heavy (non-hydrogen) atoms. The van der Waals surface area contributed by atoms with Crippen LogP contribution in [0.4, 0.5) is 0 Å². The monoisotopic (exact) mass is 308 g/mol. The molecule has 0 amide bonds. The van der Waals surface area contributed by atoms with Crippen LogP contribution < -0.4 is 5.43 Å². The maximum absolute atomic E-state index is 12.5. The largest absolute Gasteiger partial charge is 0.462 e. The van der Waals surface area contributed by atoms with Gasteiger partial charge in [0.2, 0.25) is 5.43 Å². The zero-order valence-electron chi connectivity index (χ0n) is 12.9. The van der Waals surface area contributed by atoms with Crippen molar-refractivity contribution >= 4 is 17.0 Å². The van der Waals surface area contributed by atoms with Crippen molar-refractivity contribution in [3.8, 4) is 5.69 Å². The van der Waals surface area contributed by atoms with Gasteiger partial charge in [-0.15, -0.1) is 0 Å². The van der Waals surface area contributed by atoms with E-state index in [4.69, 9.17) is 4.74 Å². The van der Waals surface area contributed by atoms with Gasteiger partial charge in [0, 0.05) is 18.1 Å². The molecule has 0 aliphatic carbocycles. The van der Waals surface area contributed by atoms with Crippen LogP contribution in [-0.4, -0.2) is 22.1 Å². The minimum atomic E-state index is -0.621. The normalized spacial score (nSPS) is 10.7. The number of benzene rings is 1. The van der Waals surface area contributed by atoms with Crippen LogP contribution in [0, 0.1) is 6.92 Å². The van der Waals surface area contributed by atoms with Gasteiger partial charge in [0.25, 0.3) is 0 Å². The lowest BCUT2D eigenvalue weighted by Gasteiger charge is -2.12. The molecule has 0 aliphatic heterocycles. The number of carbonyl (C=O) groups excluding carboxylic acids is 1. The van der Waals surface area contributed by atoms with E-state index in [1.807, 2.05) is 31.2 Å². The van der Waals surface area contributed by atoms with E-state index in [-0.39, 0.29) is 17.6 Å². The van der Waals surface area contributed by atoms with Gasteiger partial charge in [0.05, 0.1) is 12.0 Å². The predicted molar refractivity (Wildman–Crippen MR) is 88.0 cm³/mol. The Labute approximate surface area is 133 Å². The lowest BCUT2D eigenvalue weighted by atomic mass is 10.1. The Morgan fingerprint density at radius 2 is 2.09 bits per heavy atom. The van der Waals surface area contributed by atoms with Gasteiger partial charge in [-0.05, 0) is 43.7 Å². The number of carbonyl (C=O) groups is 1. The van der Waals surface area contributed by atoms with E-state index >= 15 is 0 Å². The average Bonchev–Trinajstić information content (AvgIpc) is 2.55. The van der Waals surface area contributed by atoms with Crippen molar-refractivity contribution in [2.75, 3.05) is 6.61 Å². The Kier molecular flexibility index (Phi) is 3.93. The third-order valence-corrected chi connectivity index (χ3v) is 3.54. The average molecular weight is 308 g/mol. The van der Waals surface area contributed by atoms with Gasteiger partial charge < -0.3 is 9.30 Å². The molecule has 1 aromatic carbocycles. The molecule has 5 nitrogen and oxygen atoms in total. The fourth-order valence-electron chi connectivity index (χ4n) is 2.49. The number of ether oxygens (including phenoxy) is 1. The van der Waals surface area contributed by atoms with E-state index in [1.165, 1.54) is 6.20 Å². The molecule has 0 bridgehead atoms. The Hall–Kier alpha value is -2.95. The van der Waals surface area contributed by atoms with Crippen LogP contribution in [0.1, 0.15) is 22.8 Å². The highest BCUT2D eigenvalue weighted by atomic mass is 16.5. The number of pyridine rings is 2. The lowest BCUT2D eigenvalue weighted by Crippen LogP contribution is -2.21. The highest BCUT2D eigenvalue weighted by molar-refractivity contribution is 5.93. The van der Waals surface area contributed by atoms with Crippen molar-refractivity contribution in [3.63, 3.8) is 0 Å². The first-order valence-corrected chi connectivity index (χ1v) is 7.36. The van der Waals surface area contributed by atoms with E-state index in [0.717, 1.165) is 11.3 Å². The van der Waals surface area contributed by atoms with Crippen molar-refractivity contribution in [1.29, 1.82) is 0 Å². The highest BCUT2D eigenvalue weighted by Crippen LogP contribution is 2.17. The third-order valence-electron chi connectivity index (χ3n) is 3.54. The number of aromatic nitrogens is 2. The Morgan fingerprint density at radius 1 is 1.26 bits per heavy atom. The summed E-state index contributed by atoms with van der Waals surface area (Å²) in [5, 5.41) is 0.388. The van der Waals surface area contributed by atoms with Crippen LogP contribution >= 0.6 is 0 Å². The Bertz CT molecular complexity index is 944. The van der Waals surface area contributed by atoms with Gasteiger partial charge >= 0.3 is 5.97 Å². The molecule has 0 fully saturated rings. The second-order valence-corrected chi connectivity index (χ2v) is 5.18. The summed E-state index contributed by atoms with van der Waals surface area (Å²) >= 11 is 0. The molecule has 3 aromatic rings. The van der Waals surface area contributed by atoms with E-state index in [1.54, 1.807) is 29.8 Å². The molecule has 116 valence electrons. The van der Waals surface area contributed by atoms with Gasteiger partial charge in [0.15, 0.2) is 0 Å². The second kappa shape index (κ2) is 6.04. The fourth-order valence-corrected chi connectivity index (χ4v) is 2.49. The summed E-state index contributed by atoms with van der Waals surface area (Å²) in [5.74, 6) is -0.621. The fraction of sp³-hybridized carbons (Fsp3) is 0.167. The maximum Gasteiger partial charge on any atom is 0.343 e. The minimum absolute atomic E-state index is 0.00820. The number of aryl methyl sites for hydroxylation is 1. The molecule has 2 aromatic heterocycles. The van der Waals surface area contributed by atoms with Crippen molar-refractivity contribution in [1.82, 2.24) is 9.55 Å². The predicted octanol–water partition coefficient (Wildman–Crippen LogP) is 2.87. The van der Waals surface area contributed by atoms with E-state index < -0.39 is 5.97 Å². The van der Waals surface area contributed by atoms with Crippen molar-refractivity contribution in [3.05, 3.63) is 70.1 Å². The number of esters is 1. The van der Waals surface area contributed by atoms with Crippen molar-refractivity contribution in [2.24, 2.45) is 0 Å². The zero-order valence-corrected chi connectivity index (χ0v) is 12.9. The summed E-state index contributed by atoms with van der Waals surface area (Å²) in [6.45, 7) is 3.90. The molecule has 0 radical (unpaired) electrons. The molecule has 3 rings (SSSR count). The van der Waals surface area contributed by atoms with Crippen molar-refractivity contribution in [2.45, 2.75) is 13.8 Å². The molecule has 0 spiro atoms. The van der Waals surface area contributed by atoms with E-state index in [0.29, 0.717) is 11.0 Å². The molecule has 0 unspecified atom stereocenters. The van der Waals surface area contributed by atoms with Crippen LogP contribution in [0.2, 0.25) is 0 Å². The van der Waals surface area contributed by atoms with Gasteiger partial charge in [-0.2, -0.15) is 0 Å². The molecule has 0 atom stereocenters. The number of nitrogens with zero attached hydrogens (tertiary/aromatic N) is 2. The van der Waals surface area contributed by atoms with Gasteiger partial charge in [-0.25, -0.2) is 9.78 Å². The molecule has 0 saturated carbocycles. The zero-order chi connectivity index (χ0) is 16.4. The number of fused-ring (bicyclic) bond motifs is 1. The van der Waals surface area contributed by atoms with Crippen LogP contribution in [0.5, 0.6) is 0 Å². The number of hydrogen-bond acceptors (Lipinski definition) is 4. The molecule has 0 N–H and O–H groups in total. The van der Waals surface area contributed by atoms with Gasteiger partial charge in [0.1, 0.15) is 11.2 Å². The second-order valence-electron chi connectivity index (χ2n) is 5.18. The number of hydrogen-bond donors (Lipinski definition) is 0. The van der Waals surface area contributed by atoms with Crippen LogP contribution in [0.3, 0.4) is 0 Å². The SMILES string of the molecule is CCOC(=O)c1cn(-c2cccc(C)c2)c2ncccc2c1=O. The molecular weight excluding hydrogens is 292 g/mol. The molecular formula is C18H16N2O3. The van der Waals surface area contributed by atoms with Crippen LogP contribution in [0.15, 0.2) is 53.6 Å². The molecule has 0 saturated heterocycles. The minimum Gasteiger partial charge on any atom is -0.462 e. The topological polar surface area (TPSA) is 61.2 Å². The third kappa shape index (κ3) is 2.73. The van der Waals surface area contributed by atoms with Gasteiger partial charge in [-0.1, -0.05) is 12.1 Å². The van der Waals surface area contributed by atoms with Crippen LogP contribution in [0.25, 0.3) is 16.7 Å². The van der Waals surface area contributed by atoms with E-state index in [2.05, 4.69) is 4.98 Å². The first-order chi connectivity index (χ1) is 11.1. The summed E-state index contributed by atoms with van der Waals surface area (Å²) in [7, 11) is 0. The first kappa shape index (κ1) is 15.0. The summed E-state index contributed by atoms with van der Waals surface area (Å²) in [4.78, 5) is 29.0. The van der Waals surface area contributed by atoms with Gasteiger partial charge in [-0.3, -0.25) is 4.79 Å². The van der Waals surface area contributed by atoms with Crippen molar-refractivity contribution < 1.29 is 9.53 Å².